The molecule has 0 fully saturated rings. The van der Waals surface area contributed by atoms with Crippen LogP contribution in [0.25, 0.3) is 11.3 Å². The van der Waals surface area contributed by atoms with Gasteiger partial charge in [-0.15, -0.1) is 0 Å². The van der Waals surface area contributed by atoms with Crippen molar-refractivity contribution in [1.82, 2.24) is 14.9 Å². The maximum Gasteiger partial charge on any atom is 0.338 e. The van der Waals surface area contributed by atoms with E-state index in [-0.39, 0.29) is 11.4 Å². The SMILES string of the molecule is CC1(C)NCCn2c1nc(-c1ccc(F)cc1)c2Nc1ccc(F)c(C(=O)O)c1. The third-order valence-corrected chi connectivity index (χ3v) is 5.01. The fourth-order valence-electron chi connectivity index (χ4n) is 3.55. The monoisotopic (exact) mass is 398 g/mol. The molecule has 0 atom stereocenters. The molecule has 2 aromatic carbocycles. The van der Waals surface area contributed by atoms with Gasteiger partial charge in [-0.2, -0.15) is 0 Å². The van der Waals surface area contributed by atoms with Gasteiger partial charge < -0.3 is 20.3 Å². The van der Waals surface area contributed by atoms with E-state index in [1.54, 1.807) is 12.1 Å². The largest absolute Gasteiger partial charge is 0.478 e. The Labute approximate surface area is 166 Å². The van der Waals surface area contributed by atoms with Crippen molar-refractivity contribution in [3.63, 3.8) is 0 Å². The molecule has 6 nitrogen and oxygen atoms in total. The molecule has 0 spiro atoms. The topological polar surface area (TPSA) is 79.2 Å². The summed E-state index contributed by atoms with van der Waals surface area (Å²) >= 11 is 0. The van der Waals surface area contributed by atoms with E-state index in [9.17, 15) is 18.7 Å². The van der Waals surface area contributed by atoms with Crippen LogP contribution in [-0.4, -0.2) is 27.2 Å². The van der Waals surface area contributed by atoms with Gasteiger partial charge in [0.05, 0.1) is 11.1 Å². The number of nitrogens with one attached hydrogen (secondary N) is 2. The quantitative estimate of drug-likeness (QED) is 0.617. The Balaban J connectivity index is 1.85. The molecule has 0 amide bonds. The van der Waals surface area contributed by atoms with Crippen molar-refractivity contribution < 1.29 is 18.7 Å². The Morgan fingerprint density at radius 3 is 2.62 bits per heavy atom. The lowest BCUT2D eigenvalue weighted by molar-refractivity contribution is 0.0692. The summed E-state index contributed by atoms with van der Waals surface area (Å²) in [6.07, 6.45) is 0. The van der Waals surface area contributed by atoms with Crippen molar-refractivity contribution in [3.05, 3.63) is 65.5 Å². The van der Waals surface area contributed by atoms with Crippen LogP contribution in [0.5, 0.6) is 0 Å². The van der Waals surface area contributed by atoms with Gasteiger partial charge in [-0.3, -0.25) is 0 Å². The van der Waals surface area contributed by atoms with Crippen LogP contribution in [0.2, 0.25) is 0 Å². The molecule has 1 aliphatic rings. The van der Waals surface area contributed by atoms with Gasteiger partial charge in [-0.05, 0) is 56.3 Å². The first-order valence-electron chi connectivity index (χ1n) is 9.18. The number of carboxylic acid groups (broad SMARTS) is 1. The van der Waals surface area contributed by atoms with Gasteiger partial charge in [-0.1, -0.05) is 0 Å². The second-order valence-corrected chi connectivity index (χ2v) is 7.47. The Morgan fingerprint density at radius 1 is 1.21 bits per heavy atom. The summed E-state index contributed by atoms with van der Waals surface area (Å²) in [6.45, 7) is 5.40. The van der Waals surface area contributed by atoms with E-state index in [0.29, 0.717) is 29.3 Å². The summed E-state index contributed by atoms with van der Waals surface area (Å²) in [5, 5.41) is 15.8. The third kappa shape index (κ3) is 3.47. The van der Waals surface area contributed by atoms with Crippen molar-refractivity contribution in [2.45, 2.75) is 25.9 Å². The minimum atomic E-state index is -1.34. The van der Waals surface area contributed by atoms with Crippen LogP contribution in [0.15, 0.2) is 42.5 Å². The van der Waals surface area contributed by atoms with Crippen molar-refractivity contribution in [2.75, 3.05) is 11.9 Å². The predicted molar refractivity (Wildman–Crippen MR) is 105 cm³/mol. The Kier molecular flexibility index (Phi) is 4.58. The van der Waals surface area contributed by atoms with E-state index in [1.165, 1.54) is 24.3 Å². The summed E-state index contributed by atoms with van der Waals surface area (Å²) in [5.74, 6) is -1.05. The molecule has 150 valence electrons. The maximum absolute atomic E-state index is 13.8. The van der Waals surface area contributed by atoms with Gasteiger partial charge in [0, 0.05) is 24.3 Å². The number of anilines is 2. The van der Waals surface area contributed by atoms with Crippen molar-refractivity contribution >= 4 is 17.5 Å². The Hall–Kier alpha value is -3.26. The lowest BCUT2D eigenvalue weighted by Crippen LogP contribution is -2.45. The highest BCUT2D eigenvalue weighted by molar-refractivity contribution is 5.89. The van der Waals surface area contributed by atoms with E-state index < -0.39 is 17.3 Å². The summed E-state index contributed by atoms with van der Waals surface area (Å²) in [4.78, 5) is 16.1. The summed E-state index contributed by atoms with van der Waals surface area (Å²) in [6, 6.07) is 9.84. The van der Waals surface area contributed by atoms with Crippen molar-refractivity contribution in [3.8, 4) is 11.3 Å². The van der Waals surface area contributed by atoms with Crippen LogP contribution in [0, 0.1) is 11.6 Å². The molecule has 0 unspecified atom stereocenters. The number of carbonyl (C=O) groups is 1. The fourth-order valence-corrected chi connectivity index (χ4v) is 3.55. The highest BCUT2D eigenvalue weighted by Gasteiger charge is 2.33. The van der Waals surface area contributed by atoms with Crippen LogP contribution in [0.1, 0.15) is 30.0 Å². The number of hydrogen-bond donors (Lipinski definition) is 3. The molecule has 0 saturated carbocycles. The zero-order valence-corrected chi connectivity index (χ0v) is 16.0. The number of imidazole rings is 1. The lowest BCUT2D eigenvalue weighted by atomic mass is 10.0. The molecule has 1 aromatic heterocycles. The molecule has 3 N–H and O–H groups in total. The van der Waals surface area contributed by atoms with E-state index >= 15 is 0 Å². The summed E-state index contributed by atoms with van der Waals surface area (Å²) < 4.78 is 29.2. The first-order valence-corrected chi connectivity index (χ1v) is 9.18. The molecule has 3 aromatic rings. The van der Waals surface area contributed by atoms with E-state index in [2.05, 4.69) is 10.6 Å². The van der Waals surface area contributed by atoms with Crippen LogP contribution < -0.4 is 10.6 Å². The number of aromatic carboxylic acids is 1. The minimum absolute atomic E-state index is 0.348. The highest BCUT2D eigenvalue weighted by atomic mass is 19.1. The first kappa shape index (κ1) is 19.1. The minimum Gasteiger partial charge on any atom is -0.478 e. The first-order chi connectivity index (χ1) is 13.8. The number of benzene rings is 2. The van der Waals surface area contributed by atoms with Crippen LogP contribution >= 0.6 is 0 Å². The molecular weight excluding hydrogens is 378 g/mol. The Morgan fingerprint density at radius 2 is 1.93 bits per heavy atom. The van der Waals surface area contributed by atoms with Gasteiger partial charge in [-0.25, -0.2) is 18.6 Å². The zero-order chi connectivity index (χ0) is 20.8. The summed E-state index contributed by atoms with van der Waals surface area (Å²) in [7, 11) is 0. The normalized spacial score (nSPS) is 15.0. The van der Waals surface area contributed by atoms with Gasteiger partial charge in [0.25, 0.3) is 0 Å². The van der Waals surface area contributed by atoms with E-state index in [1.807, 2.05) is 18.4 Å². The average Bonchev–Trinajstić information content (AvgIpc) is 3.03. The molecule has 29 heavy (non-hydrogen) atoms. The van der Waals surface area contributed by atoms with Crippen LogP contribution in [0.4, 0.5) is 20.3 Å². The van der Waals surface area contributed by atoms with Gasteiger partial charge in [0.1, 0.15) is 29.0 Å². The Bertz CT molecular complexity index is 1090. The van der Waals surface area contributed by atoms with E-state index in [0.717, 1.165) is 18.4 Å². The maximum atomic E-state index is 13.8. The average molecular weight is 398 g/mol. The van der Waals surface area contributed by atoms with Gasteiger partial charge in [0.15, 0.2) is 0 Å². The molecule has 4 rings (SSSR count). The number of halogens is 2. The predicted octanol–water partition coefficient (Wildman–Crippen LogP) is 4.11. The zero-order valence-electron chi connectivity index (χ0n) is 16.0. The molecule has 8 heteroatoms. The number of hydrogen-bond acceptors (Lipinski definition) is 4. The molecule has 0 radical (unpaired) electrons. The second-order valence-electron chi connectivity index (χ2n) is 7.47. The van der Waals surface area contributed by atoms with Crippen LogP contribution in [-0.2, 0) is 12.1 Å². The third-order valence-electron chi connectivity index (χ3n) is 5.01. The molecule has 0 bridgehead atoms. The molecule has 0 aliphatic carbocycles. The van der Waals surface area contributed by atoms with Gasteiger partial charge in [0.2, 0.25) is 0 Å². The van der Waals surface area contributed by atoms with Crippen LogP contribution in [0.3, 0.4) is 0 Å². The number of carboxylic acids is 1. The fraction of sp³-hybridized carbons (Fsp3) is 0.238. The second kappa shape index (κ2) is 6.97. The molecule has 1 aliphatic heterocycles. The lowest BCUT2D eigenvalue weighted by Gasteiger charge is -2.32. The highest BCUT2D eigenvalue weighted by Crippen LogP contribution is 2.36. The van der Waals surface area contributed by atoms with E-state index in [4.69, 9.17) is 4.98 Å². The number of rotatable bonds is 4. The standard InChI is InChI=1S/C21H20F2N4O2/c1-21(2)20-26-17(12-3-5-13(22)6-4-12)18(27(20)10-9-24-21)25-14-7-8-16(23)15(11-14)19(28)29/h3-8,11,24-25H,9-10H2,1-2H3,(H,28,29). The van der Waals surface area contributed by atoms with Gasteiger partial charge >= 0.3 is 5.97 Å². The van der Waals surface area contributed by atoms with Crippen molar-refractivity contribution in [1.29, 1.82) is 0 Å². The molecule has 0 saturated heterocycles. The van der Waals surface area contributed by atoms with Crippen molar-refractivity contribution in [2.24, 2.45) is 0 Å². The number of fused-ring (bicyclic) bond motifs is 1. The number of nitrogens with zero attached hydrogens (tertiary/aromatic N) is 2. The molecule has 2 heterocycles. The summed E-state index contributed by atoms with van der Waals surface area (Å²) in [5.41, 5.74) is 0.942. The smallest absolute Gasteiger partial charge is 0.338 e. The number of aromatic nitrogens is 2. The molecular formula is C21H20F2N4O2.